The molecule has 0 bridgehead atoms. The van der Waals surface area contributed by atoms with Crippen LogP contribution in [0.4, 0.5) is 4.79 Å². The van der Waals surface area contributed by atoms with Gasteiger partial charge in [0.25, 0.3) is 0 Å². The van der Waals surface area contributed by atoms with Crippen molar-refractivity contribution < 1.29 is 14.6 Å². The number of hydrogen-bond donors (Lipinski definition) is 2. The van der Waals surface area contributed by atoms with Crippen molar-refractivity contribution in [2.45, 2.75) is 13.3 Å². The molecule has 0 aromatic carbocycles. The predicted molar refractivity (Wildman–Crippen MR) is 54.7 cm³/mol. The van der Waals surface area contributed by atoms with E-state index < -0.39 is 6.09 Å². The number of primary amides is 1. The molecule has 70 valence electrons. The molecule has 0 rings (SSSR count). The summed E-state index contributed by atoms with van der Waals surface area (Å²) in [7, 11) is 0. The number of hydrogen-bond acceptors (Lipinski definition) is 3. The lowest BCUT2D eigenvalue weighted by atomic mass is 10.5. The smallest absolute Gasteiger partial charge is 0.404 e. The first-order valence-corrected chi connectivity index (χ1v) is 4.38. The van der Waals surface area contributed by atoms with Crippen molar-refractivity contribution in [1.29, 1.82) is 0 Å². The fraction of sp³-hybridized carbons (Fsp3) is 0.571. The Morgan fingerprint density at radius 2 is 2.33 bits per heavy atom. The number of halogens is 1. The first-order valence-electron chi connectivity index (χ1n) is 3.30. The highest BCUT2D eigenvalue weighted by atomic mass is 127. The van der Waals surface area contributed by atoms with Crippen LogP contribution in [-0.2, 0) is 4.74 Å². The quantitative estimate of drug-likeness (QED) is 0.584. The van der Waals surface area contributed by atoms with Gasteiger partial charge in [0.15, 0.2) is 0 Å². The predicted octanol–water partition coefficient (Wildman–Crippen LogP) is 0.866. The van der Waals surface area contributed by atoms with E-state index in [1.807, 2.05) is 22.6 Å². The molecule has 0 aliphatic heterocycles. The average molecular weight is 285 g/mol. The lowest BCUT2D eigenvalue weighted by Crippen LogP contribution is -2.11. The summed E-state index contributed by atoms with van der Waals surface area (Å²) < 4.78 is 6.81. The van der Waals surface area contributed by atoms with Crippen LogP contribution in [-0.4, -0.2) is 24.4 Å². The number of aliphatic hydroxyl groups excluding tert-OH is 1. The lowest BCUT2D eigenvalue weighted by molar-refractivity contribution is 0.163. The summed E-state index contributed by atoms with van der Waals surface area (Å²) >= 11 is 1.94. The SMILES string of the molecule is CCOC(N)=O.OCCC#CI. The molecule has 4 nitrogen and oxygen atoms in total. The van der Waals surface area contributed by atoms with Gasteiger partial charge in [-0.15, -0.1) is 0 Å². The number of aliphatic hydroxyl groups is 1. The summed E-state index contributed by atoms with van der Waals surface area (Å²) in [5.41, 5.74) is 4.54. The Labute approximate surface area is 85.6 Å². The van der Waals surface area contributed by atoms with Crippen molar-refractivity contribution in [3.8, 4) is 9.85 Å². The van der Waals surface area contributed by atoms with E-state index in [2.05, 4.69) is 20.3 Å². The first-order chi connectivity index (χ1) is 5.68. The van der Waals surface area contributed by atoms with E-state index in [-0.39, 0.29) is 6.61 Å². The van der Waals surface area contributed by atoms with Gasteiger partial charge in [-0.3, -0.25) is 0 Å². The minimum Gasteiger partial charge on any atom is -0.450 e. The minimum atomic E-state index is -0.711. The molecule has 1 amide bonds. The van der Waals surface area contributed by atoms with Gasteiger partial charge in [0.05, 0.1) is 13.2 Å². The topological polar surface area (TPSA) is 72.5 Å². The average Bonchev–Trinajstić information content (AvgIpc) is 2.02. The van der Waals surface area contributed by atoms with E-state index in [0.29, 0.717) is 13.0 Å². The van der Waals surface area contributed by atoms with E-state index in [4.69, 9.17) is 5.11 Å². The molecule has 0 unspecified atom stereocenters. The van der Waals surface area contributed by atoms with Gasteiger partial charge in [-0.25, -0.2) is 4.79 Å². The van der Waals surface area contributed by atoms with Crippen LogP contribution in [0.25, 0.3) is 0 Å². The molecule has 0 radical (unpaired) electrons. The van der Waals surface area contributed by atoms with E-state index in [9.17, 15) is 4.79 Å². The van der Waals surface area contributed by atoms with Crippen molar-refractivity contribution in [2.24, 2.45) is 5.73 Å². The molecule has 0 atom stereocenters. The van der Waals surface area contributed by atoms with Crippen LogP contribution < -0.4 is 5.73 Å². The van der Waals surface area contributed by atoms with Crippen LogP contribution in [0.15, 0.2) is 0 Å². The van der Waals surface area contributed by atoms with Crippen molar-refractivity contribution in [2.75, 3.05) is 13.2 Å². The monoisotopic (exact) mass is 285 g/mol. The van der Waals surface area contributed by atoms with Gasteiger partial charge in [0.1, 0.15) is 0 Å². The molecule has 0 aliphatic carbocycles. The lowest BCUT2D eigenvalue weighted by Gasteiger charge is -1.89. The van der Waals surface area contributed by atoms with Crippen molar-refractivity contribution in [1.82, 2.24) is 0 Å². The number of ether oxygens (including phenoxy) is 1. The molecular formula is C7H12INO3. The highest BCUT2D eigenvalue weighted by Crippen LogP contribution is 1.73. The fourth-order valence-corrected chi connectivity index (χ4v) is 0.515. The zero-order valence-corrected chi connectivity index (χ0v) is 9.00. The standard InChI is InChI=1S/C4H5IO.C3H7NO2/c5-3-1-2-4-6;1-2-6-3(4)5/h6H,2,4H2;2H2,1H3,(H2,4,5). The summed E-state index contributed by atoms with van der Waals surface area (Å²) in [6.45, 7) is 2.23. The molecule has 5 heteroatoms. The second-order valence-electron chi connectivity index (χ2n) is 1.50. The largest absolute Gasteiger partial charge is 0.450 e. The summed E-state index contributed by atoms with van der Waals surface area (Å²) in [5, 5.41) is 8.09. The van der Waals surface area contributed by atoms with Crippen LogP contribution in [0.2, 0.25) is 0 Å². The van der Waals surface area contributed by atoms with Crippen molar-refractivity contribution >= 4 is 28.7 Å². The van der Waals surface area contributed by atoms with Crippen LogP contribution in [0.3, 0.4) is 0 Å². The number of carbonyl (C=O) groups excluding carboxylic acids is 1. The summed E-state index contributed by atoms with van der Waals surface area (Å²) in [6.07, 6.45) is -0.111. The van der Waals surface area contributed by atoms with Crippen LogP contribution in [0, 0.1) is 9.85 Å². The maximum Gasteiger partial charge on any atom is 0.404 e. The van der Waals surface area contributed by atoms with E-state index >= 15 is 0 Å². The third kappa shape index (κ3) is 22.7. The Morgan fingerprint density at radius 3 is 2.42 bits per heavy atom. The van der Waals surface area contributed by atoms with Gasteiger partial charge in [-0.1, -0.05) is 5.92 Å². The Balaban J connectivity index is 0. The molecule has 0 heterocycles. The Morgan fingerprint density at radius 1 is 1.75 bits per heavy atom. The maximum absolute atomic E-state index is 9.60. The highest BCUT2D eigenvalue weighted by molar-refractivity contribution is 14.1. The Kier molecular flexibility index (Phi) is 15.4. The van der Waals surface area contributed by atoms with Crippen LogP contribution in [0.5, 0.6) is 0 Å². The third-order valence-electron chi connectivity index (χ3n) is 0.590. The third-order valence-corrected chi connectivity index (χ3v) is 0.972. The van der Waals surface area contributed by atoms with Gasteiger partial charge in [-0.2, -0.15) is 0 Å². The molecule has 0 aromatic rings. The highest BCUT2D eigenvalue weighted by Gasteiger charge is 1.82. The normalized spacial score (nSPS) is 6.92. The van der Waals surface area contributed by atoms with E-state index in [1.165, 1.54) is 0 Å². The van der Waals surface area contributed by atoms with E-state index in [0.717, 1.165) is 0 Å². The fourth-order valence-electron chi connectivity index (χ4n) is 0.245. The molecule has 0 saturated carbocycles. The molecule has 0 aliphatic rings. The Hall–Kier alpha value is -0.480. The first kappa shape index (κ1) is 14.1. The molecule has 0 aromatic heterocycles. The molecule has 0 fully saturated rings. The van der Waals surface area contributed by atoms with E-state index in [1.54, 1.807) is 6.92 Å². The number of rotatable bonds is 2. The summed E-state index contributed by atoms with van der Waals surface area (Å²) in [5.74, 6) is 2.68. The maximum atomic E-state index is 9.60. The summed E-state index contributed by atoms with van der Waals surface area (Å²) in [6, 6.07) is 0. The molecule has 0 saturated heterocycles. The molecule has 0 spiro atoms. The number of nitrogens with two attached hydrogens (primary N) is 1. The second-order valence-corrected chi connectivity index (χ2v) is 2.04. The van der Waals surface area contributed by atoms with Crippen molar-refractivity contribution in [3.63, 3.8) is 0 Å². The van der Waals surface area contributed by atoms with Gasteiger partial charge in [0, 0.05) is 29.0 Å². The number of amides is 1. The number of carbonyl (C=O) groups is 1. The van der Waals surface area contributed by atoms with Crippen molar-refractivity contribution in [3.05, 3.63) is 0 Å². The zero-order valence-electron chi connectivity index (χ0n) is 6.84. The van der Waals surface area contributed by atoms with Gasteiger partial charge >= 0.3 is 6.09 Å². The molecule has 12 heavy (non-hydrogen) atoms. The molecule has 3 N–H and O–H groups in total. The Bertz CT molecular complexity index is 162. The minimum absolute atomic E-state index is 0.177. The zero-order chi connectivity index (χ0) is 9.82. The van der Waals surface area contributed by atoms with Gasteiger partial charge in [-0.05, 0) is 10.9 Å². The second kappa shape index (κ2) is 13.1. The molecular weight excluding hydrogens is 273 g/mol. The summed E-state index contributed by atoms with van der Waals surface area (Å²) in [4.78, 5) is 9.60. The van der Waals surface area contributed by atoms with Gasteiger partial charge < -0.3 is 15.6 Å². The van der Waals surface area contributed by atoms with Crippen LogP contribution in [0.1, 0.15) is 13.3 Å². The van der Waals surface area contributed by atoms with Gasteiger partial charge in [0.2, 0.25) is 0 Å². The van der Waals surface area contributed by atoms with Crippen LogP contribution >= 0.6 is 22.6 Å².